The summed E-state index contributed by atoms with van der Waals surface area (Å²) in [6, 6.07) is 30.4. The third kappa shape index (κ3) is 4.17. The van der Waals surface area contributed by atoms with Crippen LogP contribution in [0.2, 0.25) is 0 Å². The SMILES string of the molecule is CC(C)OC(=O)CC(=O)[C@@H]1CN1C(c1ccccc1)(c1ccccc1)c1ccccc1. The first-order valence-corrected chi connectivity index (χ1v) is 10.7. The van der Waals surface area contributed by atoms with Crippen LogP contribution in [0, 0.1) is 0 Å². The summed E-state index contributed by atoms with van der Waals surface area (Å²) in [6.45, 7) is 4.17. The van der Waals surface area contributed by atoms with E-state index >= 15 is 0 Å². The van der Waals surface area contributed by atoms with Crippen molar-refractivity contribution in [2.75, 3.05) is 6.54 Å². The Hall–Kier alpha value is -3.24. The smallest absolute Gasteiger partial charge is 0.313 e. The van der Waals surface area contributed by atoms with Crippen molar-refractivity contribution in [1.82, 2.24) is 4.90 Å². The molecule has 0 spiro atoms. The second kappa shape index (κ2) is 8.86. The lowest BCUT2D eigenvalue weighted by Gasteiger charge is -2.38. The second-order valence-electron chi connectivity index (χ2n) is 8.16. The van der Waals surface area contributed by atoms with Crippen LogP contribution in [0.4, 0.5) is 0 Å². The number of nitrogens with zero attached hydrogens (tertiary/aromatic N) is 1. The van der Waals surface area contributed by atoms with E-state index in [1.807, 2.05) is 54.6 Å². The second-order valence-corrected chi connectivity index (χ2v) is 8.16. The fraction of sp³-hybridized carbons (Fsp3) is 0.259. The maximum atomic E-state index is 13.0. The lowest BCUT2D eigenvalue weighted by Crippen LogP contribution is -2.40. The Morgan fingerprint density at radius 1 is 0.839 bits per heavy atom. The van der Waals surface area contributed by atoms with E-state index in [4.69, 9.17) is 4.74 Å². The lowest BCUT2D eigenvalue weighted by molar-refractivity contribution is -0.149. The standard InChI is InChI=1S/C27H27NO3/c1-20(2)31-26(30)18-25(29)24-19-28(24)27(21-12-6-3-7-13-21,22-14-8-4-9-15-22)23-16-10-5-11-17-23/h3-17,20,24H,18-19H2,1-2H3/t24-,28?/m0/s1. The van der Waals surface area contributed by atoms with Crippen LogP contribution in [0.5, 0.6) is 0 Å². The first kappa shape index (κ1) is 21.0. The van der Waals surface area contributed by atoms with Gasteiger partial charge < -0.3 is 4.74 Å². The molecule has 0 amide bonds. The first-order valence-electron chi connectivity index (χ1n) is 10.7. The maximum Gasteiger partial charge on any atom is 0.313 e. The van der Waals surface area contributed by atoms with Crippen LogP contribution >= 0.6 is 0 Å². The van der Waals surface area contributed by atoms with Gasteiger partial charge in [-0.1, -0.05) is 91.0 Å². The van der Waals surface area contributed by atoms with Gasteiger partial charge in [-0.3, -0.25) is 14.5 Å². The minimum Gasteiger partial charge on any atom is -0.463 e. The summed E-state index contributed by atoms with van der Waals surface area (Å²) in [6.07, 6.45) is -0.430. The number of rotatable bonds is 8. The van der Waals surface area contributed by atoms with Crippen molar-refractivity contribution in [3.63, 3.8) is 0 Å². The number of hydrogen-bond donors (Lipinski definition) is 0. The first-order chi connectivity index (χ1) is 15.0. The highest BCUT2D eigenvalue weighted by Gasteiger charge is 2.55. The number of carbonyl (C=O) groups excluding carboxylic acids is 2. The Morgan fingerprint density at radius 2 is 1.26 bits per heavy atom. The molecule has 4 heteroatoms. The normalized spacial score (nSPS) is 17.9. The molecule has 0 radical (unpaired) electrons. The van der Waals surface area contributed by atoms with Crippen molar-refractivity contribution in [2.24, 2.45) is 0 Å². The number of esters is 1. The van der Waals surface area contributed by atoms with Gasteiger partial charge in [-0.05, 0) is 30.5 Å². The van der Waals surface area contributed by atoms with Crippen LogP contribution in [-0.2, 0) is 19.9 Å². The molecule has 0 bridgehead atoms. The van der Waals surface area contributed by atoms with E-state index in [9.17, 15) is 9.59 Å². The Labute approximate surface area is 183 Å². The monoisotopic (exact) mass is 413 g/mol. The van der Waals surface area contributed by atoms with E-state index in [-0.39, 0.29) is 24.3 Å². The van der Waals surface area contributed by atoms with Crippen LogP contribution < -0.4 is 0 Å². The molecule has 2 atom stereocenters. The molecule has 1 heterocycles. The predicted octanol–water partition coefficient (Wildman–Crippen LogP) is 4.57. The number of carbonyl (C=O) groups is 2. The van der Waals surface area contributed by atoms with Gasteiger partial charge in [0, 0.05) is 6.54 Å². The molecule has 4 rings (SSSR count). The van der Waals surface area contributed by atoms with Crippen molar-refractivity contribution in [1.29, 1.82) is 0 Å². The molecule has 1 aliphatic heterocycles. The molecule has 0 N–H and O–H groups in total. The Bertz CT molecular complexity index is 935. The molecule has 1 unspecified atom stereocenters. The van der Waals surface area contributed by atoms with Crippen LogP contribution in [-0.4, -0.2) is 35.3 Å². The Kier molecular flexibility index (Phi) is 6.01. The molecule has 0 saturated carbocycles. The van der Waals surface area contributed by atoms with E-state index in [2.05, 4.69) is 41.3 Å². The molecule has 0 aliphatic carbocycles. The van der Waals surface area contributed by atoms with Gasteiger partial charge in [0.05, 0.1) is 17.7 Å². The van der Waals surface area contributed by atoms with E-state index in [1.54, 1.807) is 13.8 Å². The van der Waals surface area contributed by atoms with Gasteiger partial charge in [0.15, 0.2) is 5.78 Å². The van der Waals surface area contributed by atoms with Crippen molar-refractivity contribution in [2.45, 2.75) is 38.0 Å². The zero-order valence-corrected chi connectivity index (χ0v) is 17.9. The molecule has 3 aromatic rings. The fourth-order valence-electron chi connectivity index (χ4n) is 4.39. The van der Waals surface area contributed by atoms with Crippen molar-refractivity contribution < 1.29 is 14.3 Å². The summed E-state index contributed by atoms with van der Waals surface area (Å²) in [7, 11) is 0. The van der Waals surface area contributed by atoms with Crippen LogP contribution in [0.3, 0.4) is 0 Å². The average Bonchev–Trinajstić information content (AvgIpc) is 3.57. The quantitative estimate of drug-likeness (QED) is 0.235. The summed E-state index contributed by atoms with van der Waals surface area (Å²) in [4.78, 5) is 27.3. The van der Waals surface area contributed by atoms with Crippen LogP contribution in [0.15, 0.2) is 91.0 Å². The minimum absolute atomic E-state index is 0.0992. The van der Waals surface area contributed by atoms with Crippen molar-refractivity contribution >= 4 is 11.8 Å². The third-order valence-corrected chi connectivity index (χ3v) is 5.68. The Balaban J connectivity index is 1.77. The van der Waals surface area contributed by atoms with E-state index in [0.29, 0.717) is 6.54 Å². The molecule has 1 saturated heterocycles. The average molecular weight is 414 g/mol. The highest BCUT2D eigenvalue weighted by molar-refractivity contribution is 6.00. The summed E-state index contributed by atoms with van der Waals surface area (Å²) < 4.78 is 5.20. The highest BCUT2D eigenvalue weighted by atomic mass is 16.5. The van der Waals surface area contributed by atoms with Gasteiger partial charge in [-0.25, -0.2) is 0 Å². The molecule has 158 valence electrons. The molecule has 0 aromatic heterocycles. The van der Waals surface area contributed by atoms with Gasteiger partial charge in [0.2, 0.25) is 0 Å². The zero-order valence-electron chi connectivity index (χ0n) is 17.9. The molecule has 1 fully saturated rings. The summed E-state index contributed by atoms with van der Waals surface area (Å²) in [5, 5.41) is 0. The van der Waals surface area contributed by atoms with Gasteiger partial charge in [0.1, 0.15) is 6.42 Å². The van der Waals surface area contributed by atoms with E-state index in [0.717, 1.165) is 16.7 Å². The summed E-state index contributed by atoms with van der Waals surface area (Å²) >= 11 is 0. The van der Waals surface area contributed by atoms with Gasteiger partial charge in [-0.2, -0.15) is 0 Å². The number of ketones is 1. The van der Waals surface area contributed by atoms with Gasteiger partial charge >= 0.3 is 5.97 Å². The Morgan fingerprint density at radius 3 is 1.65 bits per heavy atom. The molecule has 31 heavy (non-hydrogen) atoms. The topological polar surface area (TPSA) is 46.4 Å². The molecule has 1 aliphatic rings. The number of benzene rings is 3. The summed E-state index contributed by atoms with van der Waals surface area (Å²) in [5.74, 6) is -0.561. The largest absolute Gasteiger partial charge is 0.463 e. The maximum absolute atomic E-state index is 13.0. The highest BCUT2D eigenvalue weighted by Crippen LogP contribution is 2.48. The molecular formula is C27H27NO3. The minimum atomic E-state index is -0.619. The lowest BCUT2D eigenvalue weighted by atomic mass is 9.76. The van der Waals surface area contributed by atoms with E-state index < -0.39 is 11.5 Å². The molecule has 3 aromatic carbocycles. The fourth-order valence-corrected chi connectivity index (χ4v) is 4.39. The number of Topliss-reactive ketones (excluding diaryl/α,β-unsaturated/α-hetero) is 1. The van der Waals surface area contributed by atoms with Gasteiger partial charge in [0.25, 0.3) is 0 Å². The van der Waals surface area contributed by atoms with Gasteiger partial charge in [-0.15, -0.1) is 0 Å². The predicted molar refractivity (Wildman–Crippen MR) is 121 cm³/mol. The van der Waals surface area contributed by atoms with Crippen molar-refractivity contribution in [3.05, 3.63) is 108 Å². The zero-order chi connectivity index (χ0) is 21.8. The van der Waals surface area contributed by atoms with Crippen molar-refractivity contribution in [3.8, 4) is 0 Å². The van der Waals surface area contributed by atoms with Crippen LogP contribution in [0.25, 0.3) is 0 Å². The number of hydrogen-bond acceptors (Lipinski definition) is 4. The van der Waals surface area contributed by atoms with E-state index in [1.165, 1.54) is 0 Å². The van der Waals surface area contributed by atoms with Crippen LogP contribution in [0.1, 0.15) is 37.0 Å². The molecular weight excluding hydrogens is 386 g/mol. The number of ether oxygens (including phenoxy) is 1. The summed E-state index contributed by atoms with van der Waals surface area (Å²) in [5.41, 5.74) is 2.65. The molecule has 4 nitrogen and oxygen atoms in total. The third-order valence-electron chi connectivity index (χ3n) is 5.68.